The van der Waals surface area contributed by atoms with E-state index in [1.165, 1.54) is 42.0 Å². The number of thioether (sulfide) groups is 1. The van der Waals surface area contributed by atoms with Crippen molar-refractivity contribution in [3.8, 4) is 5.88 Å². The number of nitrogens with one attached hydrogen (secondary N) is 1. The number of hydrogen-bond donors (Lipinski definition) is 1. The average Bonchev–Trinajstić information content (AvgIpc) is 3.12. The van der Waals surface area contributed by atoms with Gasteiger partial charge in [-0.1, -0.05) is 23.1 Å². The monoisotopic (exact) mass is 357 g/mol. The predicted molar refractivity (Wildman–Crippen MR) is 85.0 cm³/mol. The van der Waals surface area contributed by atoms with Gasteiger partial charge >= 0.3 is 5.97 Å². The molecule has 124 valence electrons. The Morgan fingerprint density at radius 3 is 2.78 bits per heavy atom. The first kappa shape index (κ1) is 17.2. The molecule has 1 amide bonds. The Kier molecular flexibility index (Phi) is 5.55. The van der Waals surface area contributed by atoms with Gasteiger partial charge in [0.15, 0.2) is 4.34 Å². The second-order valence-corrected chi connectivity index (χ2v) is 6.90. The van der Waals surface area contributed by atoms with Crippen LogP contribution < -0.4 is 10.1 Å². The van der Waals surface area contributed by atoms with Gasteiger partial charge in [0, 0.05) is 13.2 Å². The lowest BCUT2D eigenvalue weighted by atomic mass is 10.3. The summed E-state index contributed by atoms with van der Waals surface area (Å²) in [4.78, 5) is 23.6. The maximum Gasteiger partial charge on any atom is 0.318 e. The van der Waals surface area contributed by atoms with Gasteiger partial charge in [0.05, 0.1) is 14.2 Å². The summed E-state index contributed by atoms with van der Waals surface area (Å²) in [5.41, 5.74) is 0.294. The van der Waals surface area contributed by atoms with Gasteiger partial charge in [-0.3, -0.25) is 19.6 Å². The summed E-state index contributed by atoms with van der Waals surface area (Å²) in [6.45, 7) is 1.71. The number of hydrogen-bond acceptors (Lipinski definition) is 9. The van der Waals surface area contributed by atoms with Crippen molar-refractivity contribution >= 4 is 40.1 Å². The standard InChI is InChI=1S/C12H15N5O4S2/c1-6(10(19)21-4)22-12-15-14-11(23-12)13-8(18)7-5-17(2)16-9(7)20-3/h5-6H,1-4H3,(H,13,14,18)/t6-/m1/s1. The fourth-order valence-corrected chi connectivity index (χ4v) is 3.53. The van der Waals surface area contributed by atoms with Crippen LogP contribution in [-0.2, 0) is 16.6 Å². The van der Waals surface area contributed by atoms with Crippen LogP contribution >= 0.6 is 23.1 Å². The molecule has 0 spiro atoms. The molecule has 9 nitrogen and oxygen atoms in total. The summed E-state index contributed by atoms with van der Waals surface area (Å²) in [5.74, 6) is -0.525. The lowest BCUT2D eigenvalue weighted by molar-refractivity contribution is -0.139. The van der Waals surface area contributed by atoms with Crippen LogP contribution in [0.1, 0.15) is 17.3 Å². The number of ether oxygens (including phenoxy) is 2. The Balaban J connectivity index is 2.04. The van der Waals surface area contributed by atoms with Crippen molar-refractivity contribution < 1.29 is 19.1 Å². The minimum absolute atomic E-state index is 0.225. The zero-order chi connectivity index (χ0) is 17.0. The minimum atomic E-state index is -0.407. The van der Waals surface area contributed by atoms with Gasteiger partial charge in [0.25, 0.3) is 5.91 Å². The predicted octanol–water partition coefficient (Wildman–Crippen LogP) is 1.19. The smallest absolute Gasteiger partial charge is 0.318 e. The van der Waals surface area contributed by atoms with Gasteiger partial charge in [-0.25, -0.2) is 0 Å². The molecule has 0 aliphatic rings. The molecule has 2 aromatic heterocycles. The lowest BCUT2D eigenvalue weighted by Gasteiger charge is -2.04. The quantitative estimate of drug-likeness (QED) is 0.466. The van der Waals surface area contributed by atoms with Crippen molar-refractivity contribution in [3.05, 3.63) is 11.8 Å². The molecule has 2 aromatic rings. The number of carbonyl (C=O) groups is 2. The van der Waals surface area contributed by atoms with Crippen molar-refractivity contribution in [1.82, 2.24) is 20.0 Å². The van der Waals surface area contributed by atoms with Gasteiger partial charge in [0.2, 0.25) is 11.0 Å². The Morgan fingerprint density at radius 2 is 2.13 bits per heavy atom. The topological polar surface area (TPSA) is 108 Å². The summed E-state index contributed by atoms with van der Waals surface area (Å²) in [7, 11) is 4.45. The molecule has 0 saturated carbocycles. The molecule has 0 bridgehead atoms. The first-order valence-corrected chi connectivity index (χ1v) is 8.11. The van der Waals surface area contributed by atoms with E-state index < -0.39 is 11.2 Å². The maximum absolute atomic E-state index is 12.2. The number of aromatic nitrogens is 4. The summed E-state index contributed by atoms with van der Waals surface area (Å²) >= 11 is 2.38. The zero-order valence-electron chi connectivity index (χ0n) is 12.9. The molecular weight excluding hydrogens is 342 g/mol. The summed E-state index contributed by atoms with van der Waals surface area (Å²) in [6.07, 6.45) is 1.55. The second-order valence-electron chi connectivity index (χ2n) is 4.34. The van der Waals surface area contributed by atoms with Gasteiger partial charge in [-0.15, -0.1) is 15.3 Å². The van der Waals surface area contributed by atoms with Crippen LogP contribution in [0.25, 0.3) is 0 Å². The van der Waals surface area contributed by atoms with E-state index in [0.717, 1.165) is 0 Å². The number of carbonyl (C=O) groups excluding carboxylic acids is 2. The normalized spacial score (nSPS) is 11.8. The van der Waals surface area contributed by atoms with Crippen molar-refractivity contribution in [2.24, 2.45) is 7.05 Å². The van der Waals surface area contributed by atoms with Crippen LogP contribution in [0, 0.1) is 0 Å². The molecule has 1 atom stereocenters. The molecule has 0 aliphatic carbocycles. The number of esters is 1. The number of rotatable bonds is 6. The second kappa shape index (κ2) is 7.42. The number of nitrogens with zero attached hydrogens (tertiary/aromatic N) is 4. The molecule has 0 radical (unpaired) electrons. The van der Waals surface area contributed by atoms with Crippen molar-refractivity contribution in [2.75, 3.05) is 19.5 Å². The molecule has 2 rings (SSSR count). The van der Waals surface area contributed by atoms with Gasteiger partial charge < -0.3 is 9.47 Å². The van der Waals surface area contributed by atoms with Crippen molar-refractivity contribution in [2.45, 2.75) is 16.5 Å². The fraction of sp³-hybridized carbons (Fsp3) is 0.417. The van der Waals surface area contributed by atoms with E-state index in [0.29, 0.717) is 15.0 Å². The third kappa shape index (κ3) is 4.20. The Bertz CT molecular complexity index is 714. The van der Waals surface area contributed by atoms with E-state index >= 15 is 0 Å². The molecule has 23 heavy (non-hydrogen) atoms. The Labute approximate surface area is 140 Å². The molecule has 0 aromatic carbocycles. The van der Waals surface area contributed by atoms with E-state index in [2.05, 4.69) is 25.3 Å². The molecule has 0 fully saturated rings. The van der Waals surface area contributed by atoms with Crippen molar-refractivity contribution in [3.63, 3.8) is 0 Å². The van der Waals surface area contributed by atoms with Gasteiger partial charge in [-0.05, 0) is 6.92 Å². The van der Waals surface area contributed by atoms with Crippen LogP contribution in [0.2, 0.25) is 0 Å². The molecule has 11 heteroatoms. The Hall–Kier alpha value is -2.14. The number of methoxy groups -OCH3 is 2. The SMILES string of the molecule is COC(=O)[C@@H](C)Sc1nnc(NC(=O)c2cn(C)nc2OC)s1. The van der Waals surface area contributed by atoms with E-state index in [4.69, 9.17) is 4.74 Å². The lowest BCUT2D eigenvalue weighted by Crippen LogP contribution is -2.14. The zero-order valence-corrected chi connectivity index (χ0v) is 14.5. The first-order chi connectivity index (χ1) is 10.9. The summed E-state index contributed by atoms with van der Waals surface area (Å²) < 4.78 is 11.7. The summed E-state index contributed by atoms with van der Waals surface area (Å²) in [5, 5.41) is 14.4. The van der Waals surface area contributed by atoms with Crippen LogP contribution in [0.5, 0.6) is 5.88 Å². The highest BCUT2D eigenvalue weighted by Gasteiger charge is 2.20. The number of anilines is 1. The number of aryl methyl sites for hydroxylation is 1. The number of amides is 1. The average molecular weight is 357 g/mol. The molecule has 1 N–H and O–H groups in total. The third-order valence-corrected chi connectivity index (χ3v) is 4.67. The van der Waals surface area contributed by atoms with Crippen LogP contribution in [0.3, 0.4) is 0 Å². The van der Waals surface area contributed by atoms with Gasteiger partial charge in [0.1, 0.15) is 10.8 Å². The van der Waals surface area contributed by atoms with E-state index in [1.54, 1.807) is 20.2 Å². The van der Waals surface area contributed by atoms with E-state index in [-0.39, 0.29) is 11.8 Å². The van der Waals surface area contributed by atoms with Crippen LogP contribution in [0.4, 0.5) is 5.13 Å². The van der Waals surface area contributed by atoms with Crippen molar-refractivity contribution in [1.29, 1.82) is 0 Å². The molecule has 2 heterocycles. The molecular formula is C12H15N5O4S2. The largest absolute Gasteiger partial charge is 0.479 e. The molecule has 0 unspecified atom stereocenters. The molecule has 0 aliphatic heterocycles. The maximum atomic E-state index is 12.2. The Morgan fingerprint density at radius 1 is 1.39 bits per heavy atom. The minimum Gasteiger partial charge on any atom is -0.479 e. The van der Waals surface area contributed by atoms with E-state index in [1.807, 2.05) is 0 Å². The molecule has 0 saturated heterocycles. The van der Waals surface area contributed by atoms with E-state index in [9.17, 15) is 9.59 Å². The first-order valence-electron chi connectivity index (χ1n) is 6.41. The third-order valence-electron chi connectivity index (χ3n) is 2.67. The van der Waals surface area contributed by atoms with Crippen LogP contribution in [-0.4, -0.2) is 51.3 Å². The fourth-order valence-electron chi connectivity index (χ4n) is 1.61. The van der Waals surface area contributed by atoms with Crippen LogP contribution in [0.15, 0.2) is 10.5 Å². The highest BCUT2D eigenvalue weighted by atomic mass is 32.2. The van der Waals surface area contributed by atoms with Gasteiger partial charge in [-0.2, -0.15) is 0 Å². The summed E-state index contributed by atoms with van der Waals surface area (Å²) in [6, 6.07) is 0. The highest BCUT2D eigenvalue weighted by Crippen LogP contribution is 2.29. The highest BCUT2D eigenvalue weighted by molar-refractivity contribution is 8.02.